The maximum atomic E-state index is 11.7. The van der Waals surface area contributed by atoms with Gasteiger partial charge in [-0.3, -0.25) is 4.57 Å². The lowest BCUT2D eigenvalue weighted by atomic mass is 10.2. The molecule has 15 heavy (non-hydrogen) atoms. The van der Waals surface area contributed by atoms with Gasteiger partial charge in [-0.2, -0.15) is 0 Å². The molecule has 1 aliphatic heterocycles. The molecule has 1 N–H and O–H groups in total. The Hall–Kier alpha value is -1.55. The van der Waals surface area contributed by atoms with Crippen LogP contribution in [0.3, 0.4) is 0 Å². The van der Waals surface area contributed by atoms with Gasteiger partial charge >= 0.3 is 5.76 Å². The first-order valence-electron chi connectivity index (χ1n) is 5.17. The Morgan fingerprint density at radius 1 is 1.40 bits per heavy atom. The molecule has 2 aromatic rings. The molecule has 1 fully saturated rings. The minimum absolute atomic E-state index is 0.237. The first kappa shape index (κ1) is 8.73. The van der Waals surface area contributed by atoms with Gasteiger partial charge in [0.2, 0.25) is 0 Å². The summed E-state index contributed by atoms with van der Waals surface area (Å²) in [4.78, 5) is 11.7. The predicted octanol–water partition coefficient (Wildman–Crippen LogP) is 1.13. The van der Waals surface area contributed by atoms with Gasteiger partial charge < -0.3 is 9.73 Å². The third-order valence-corrected chi connectivity index (χ3v) is 2.92. The summed E-state index contributed by atoms with van der Waals surface area (Å²) in [6.07, 6.45) is 0.990. The molecule has 0 amide bonds. The molecule has 1 aromatic carbocycles. The van der Waals surface area contributed by atoms with Crippen molar-refractivity contribution in [2.75, 3.05) is 13.1 Å². The van der Waals surface area contributed by atoms with Crippen molar-refractivity contribution < 1.29 is 4.42 Å². The summed E-state index contributed by atoms with van der Waals surface area (Å²) in [5.41, 5.74) is 1.57. The number of hydrogen-bond donors (Lipinski definition) is 1. The average molecular weight is 204 g/mol. The van der Waals surface area contributed by atoms with Crippen molar-refractivity contribution in [2.24, 2.45) is 0 Å². The minimum Gasteiger partial charge on any atom is -0.408 e. The second-order valence-corrected chi connectivity index (χ2v) is 3.85. The molecule has 0 bridgehead atoms. The van der Waals surface area contributed by atoms with E-state index in [-0.39, 0.29) is 11.8 Å². The van der Waals surface area contributed by atoms with Crippen LogP contribution in [0.5, 0.6) is 0 Å². The molecule has 0 spiro atoms. The maximum Gasteiger partial charge on any atom is 0.420 e. The number of para-hydroxylation sites is 2. The van der Waals surface area contributed by atoms with Crippen LogP contribution in [0.15, 0.2) is 33.5 Å². The Morgan fingerprint density at radius 3 is 3.07 bits per heavy atom. The molecule has 1 aromatic heterocycles. The number of rotatable bonds is 1. The van der Waals surface area contributed by atoms with Gasteiger partial charge in [-0.05, 0) is 25.1 Å². The molecule has 4 nitrogen and oxygen atoms in total. The fraction of sp³-hybridized carbons (Fsp3) is 0.364. The molecule has 4 heteroatoms. The Balaban J connectivity index is 2.23. The van der Waals surface area contributed by atoms with Crippen LogP contribution < -0.4 is 11.1 Å². The zero-order chi connectivity index (χ0) is 10.3. The Labute approximate surface area is 86.5 Å². The molecule has 0 aliphatic carbocycles. The van der Waals surface area contributed by atoms with E-state index in [0.717, 1.165) is 25.0 Å². The molecule has 3 rings (SSSR count). The van der Waals surface area contributed by atoms with Gasteiger partial charge in [-0.1, -0.05) is 12.1 Å². The summed E-state index contributed by atoms with van der Waals surface area (Å²) in [5.74, 6) is -0.245. The largest absolute Gasteiger partial charge is 0.420 e. The Morgan fingerprint density at radius 2 is 2.27 bits per heavy atom. The summed E-state index contributed by atoms with van der Waals surface area (Å²) in [6.45, 7) is 1.82. The lowest BCUT2D eigenvalue weighted by Crippen LogP contribution is -2.22. The lowest BCUT2D eigenvalue weighted by Gasteiger charge is -2.08. The third-order valence-electron chi connectivity index (χ3n) is 2.92. The second-order valence-electron chi connectivity index (χ2n) is 3.85. The van der Waals surface area contributed by atoms with Gasteiger partial charge in [0.05, 0.1) is 11.6 Å². The van der Waals surface area contributed by atoms with Gasteiger partial charge in [-0.15, -0.1) is 0 Å². The van der Waals surface area contributed by atoms with E-state index in [9.17, 15) is 4.79 Å². The number of aromatic nitrogens is 1. The quantitative estimate of drug-likeness (QED) is 0.757. The van der Waals surface area contributed by atoms with E-state index in [1.807, 2.05) is 24.3 Å². The van der Waals surface area contributed by atoms with E-state index in [2.05, 4.69) is 5.32 Å². The van der Waals surface area contributed by atoms with Crippen molar-refractivity contribution in [3.63, 3.8) is 0 Å². The topological polar surface area (TPSA) is 47.2 Å². The highest BCUT2D eigenvalue weighted by atomic mass is 16.4. The van der Waals surface area contributed by atoms with Gasteiger partial charge in [0, 0.05) is 6.54 Å². The molecule has 0 unspecified atom stereocenters. The van der Waals surface area contributed by atoms with E-state index in [0.29, 0.717) is 5.58 Å². The summed E-state index contributed by atoms with van der Waals surface area (Å²) in [5, 5.41) is 3.25. The molecule has 1 atom stereocenters. The van der Waals surface area contributed by atoms with Gasteiger partial charge in [-0.25, -0.2) is 4.79 Å². The van der Waals surface area contributed by atoms with Crippen molar-refractivity contribution in [1.82, 2.24) is 9.88 Å². The highest BCUT2D eigenvalue weighted by Gasteiger charge is 2.21. The first-order valence-corrected chi connectivity index (χ1v) is 5.17. The number of nitrogens with one attached hydrogen (secondary N) is 1. The standard InChI is InChI=1S/C11H12N2O2/c14-11-13(8-5-6-12-7-8)9-3-1-2-4-10(9)15-11/h1-4,8,12H,5-7H2/t8-/m1/s1. The van der Waals surface area contributed by atoms with Gasteiger partial charge in [0.1, 0.15) is 0 Å². The molecule has 0 saturated carbocycles. The molecular weight excluding hydrogens is 192 g/mol. The summed E-state index contributed by atoms with van der Waals surface area (Å²) < 4.78 is 6.95. The van der Waals surface area contributed by atoms with E-state index >= 15 is 0 Å². The fourth-order valence-electron chi connectivity index (χ4n) is 2.19. The van der Waals surface area contributed by atoms with Crippen LogP contribution >= 0.6 is 0 Å². The van der Waals surface area contributed by atoms with E-state index in [1.165, 1.54) is 0 Å². The lowest BCUT2D eigenvalue weighted by molar-refractivity contribution is 0.459. The van der Waals surface area contributed by atoms with Crippen LogP contribution in [-0.2, 0) is 0 Å². The highest BCUT2D eigenvalue weighted by molar-refractivity contribution is 5.72. The zero-order valence-electron chi connectivity index (χ0n) is 8.27. The normalized spacial score (nSPS) is 21.2. The van der Waals surface area contributed by atoms with E-state index < -0.39 is 0 Å². The van der Waals surface area contributed by atoms with Crippen LogP contribution in [0.2, 0.25) is 0 Å². The van der Waals surface area contributed by atoms with Crippen molar-refractivity contribution in [2.45, 2.75) is 12.5 Å². The maximum absolute atomic E-state index is 11.7. The summed E-state index contributed by atoms with van der Waals surface area (Å²) in [6, 6.07) is 7.80. The molecule has 1 saturated heterocycles. The fourth-order valence-corrected chi connectivity index (χ4v) is 2.19. The Kier molecular flexibility index (Phi) is 1.89. The second kappa shape index (κ2) is 3.24. The SMILES string of the molecule is O=c1oc2ccccc2n1[C@@H]1CCNC1. The number of benzene rings is 1. The van der Waals surface area contributed by atoms with Gasteiger partial charge in [0.25, 0.3) is 0 Å². The van der Waals surface area contributed by atoms with E-state index in [1.54, 1.807) is 4.57 Å². The molecule has 1 aliphatic rings. The first-order chi connectivity index (χ1) is 7.36. The Bertz CT molecular complexity index is 535. The van der Waals surface area contributed by atoms with Crippen LogP contribution in [-0.4, -0.2) is 17.7 Å². The van der Waals surface area contributed by atoms with Crippen LogP contribution in [0.25, 0.3) is 11.1 Å². The summed E-state index contributed by atoms with van der Waals surface area (Å²) >= 11 is 0. The third kappa shape index (κ3) is 1.29. The molecule has 0 radical (unpaired) electrons. The highest BCUT2D eigenvalue weighted by Crippen LogP contribution is 2.20. The molecular formula is C11H12N2O2. The van der Waals surface area contributed by atoms with Crippen LogP contribution in [0.1, 0.15) is 12.5 Å². The number of nitrogens with zero attached hydrogens (tertiary/aromatic N) is 1. The molecule has 78 valence electrons. The van der Waals surface area contributed by atoms with Crippen molar-refractivity contribution in [3.05, 3.63) is 34.8 Å². The van der Waals surface area contributed by atoms with Crippen molar-refractivity contribution in [1.29, 1.82) is 0 Å². The summed E-state index contributed by atoms with van der Waals surface area (Å²) in [7, 11) is 0. The molecule has 2 heterocycles. The van der Waals surface area contributed by atoms with Crippen LogP contribution in [0, 0.1) is 0 Å². The minimum atomic E-state index is -0.245. The zero-order valence-corrected chi connectivity index (χ0v) is 8.27. The smallest absolute Gasteiger partial charge is 0.408 e. The average Bonchev–Trinajstić information content (AvgIpc) is 2.82. The van der Waals surface area contributed by atoms with Crippen molar-refractivity contribution >= 4 is 11.1 Å². The number of hydrogen-bond acceptors (Lipinski definition) is 3. The predicted molar refractivity (Wildman–Crippen MR) is 57.0 cm³/mol. The van der Waals surface area contributed by atoms with Gasteiger partial charge in [0.15, 0.2) is 5.58 Å². The number of oxazole rings is 1. The van der Waals surface area contributed by atoms with Crippen molar-refractivity contribution in [3.8, 4) is 0 Å². The monoisotopic (exact) mass is 204 g/mol. The van der Waals surface area contributed by atoms with E-state index in [4.69, 9.17) is 4.42 Å². The number of fused-ring (bicyclic) bond motifs is 1. The van der Waals surface area contributed by atoms with Crippen LogP contribution in [0.4, 0.5) is 0 Å².